The van der Waals surface area contributed by atoms with E-state index in [0.29, 0.717) is 17.5 Å². The Balaban J connectivity index is 0.865. The first kappa shape index (κ1) is 35.2. The fraction of sp³-hybridized carbons (Fsp3) is 0. The van der Waals surface area contributed by atoms with Gasteiger partial charge in [0.1, 0.15) is 22.3 Å². The maximum absolute atomic E-state index is 6.66. The maximum atomic E-state index is 6.66. The molecule has 0 radical (unpaired) electrons. The molecule has 0 saturated heterocycles. The highest BCUT2D eigenvalue weighted by molar-refractivity contribution is 7.26. The Morgan fingerprint density at radius 3 is 1.66 bits per heavy atom. The number of rotatable bonds is 5. The Labute approximate surface area is 368 Å². The van der Waals surface area contributed by atoms with E-state index in [0.717, 1.165) is 88.2 Å². The summed E-state index contributed by atoms with van der Waals surface area (Å²) in [6, 6.07) is 68.0. The number of aromatic nitrogens is 4. The van der Waals surface area contributed by atoms with Crippen molar-refractivity contribution in [3.63, 3.8) is 0 Å². The third-order valence-electron chi connectivity index (χ3n) is 12.7. The van der Waals surface area contributed by atoms with E-state index in [1.807, 2.05) is 54.6 Å². The van der Waals surface area contributed by atoms with Crippen molar-refractivity contribution in [1.29, 1.82) is 0 Å². The second-order valence-electron chi connectivity index (χ2n) is 16.3. The predicted octanol–water partition coefficient (Wildman–Crippen LogP) is 15.8. The van der Waals surface area contributed by atoms with Crippen LogP contribution in [0.4, 0.5) is 0 Å². The molecule has 0 atom stereocenters. The molecule has 6 nitrogen and oxygen atoms in total. The van der Waals surface area contributed by atoms with Crippen LogP contribution >= 0.6 is 11.3 Å². The number of fused-ring (bicyclic) bond motifs is 12. The summed E-state index contributed by atoms with van der Waals surface area (Å²) in [4.78, 5) is 15.4. The fourth-order valence-corrected chi connectivity index (χ4v) is 10.9. The first-order valence-corrected chi connectivity index (χ1v) is 22.1. The number of thiophene rings is 1. The topological polar surface area (TPSA) is 69.9 Å². The Hall–Kier alpha value is -8.39. The molecule has 0 spiro atoms. The standard InChI is InChI=1S/C57H32N4O2S/c1-2-11-33(12-3-1)55-58-56(36-23-26-41-40-15-6-9-19-48(40)62-50(41)30-36)60-57(59-55)45-16-10-20-52-54(45)44-27-22-35(31-53(44)64-52)34-21-25-42-43-28-24-37(32-51(43)63-49(42)29-34)61-46-17-7-4-13-38(46)39-14-5-8-18-47(39)61/h1-32H. The zero-order valence-corrected chi connectivity index (χ0v) is 34.8. The van der Waals surface area contributed by atoms with Crippen molar-refractivity contribution in [1.82, 2.24) is 19.5 Å². The van der Waals surface area contributed by atoms with Crippen molar-refractivity contribution in [2.75, 3.05) is 0 Å². The molecule has 7 heteroatoms. The van der Waals surface area contributed by atoms with E-state index in [-0.39, 0.29) is 0 Å². The van der Waals surface area contributed by atoms with Gasteiger partial charge in [-0.25, -0.2) is 15.0 Å². The summed E-state index contributed by atoms with van der Waals surface area (Å²) in [5.74, 6) is 1.83. The van der Waals surface area contributed by atoms with Crippen LogP contribution in [-0.2, 0) is 0 Å². The Morgan fingerprint density at radius 2 is 0.891 bits per heavy atom. The summed E-state index contributed by atoms with van der Waals surface area (Å²) in [6.07, 6.45) is 0. The lowest BCUT2D eigenvalue weighted by molar-refractivity contribution is 0.668. The van der Waals surface area contributed by atoms with E-state index in [4.69, 9.17) is 23.8 Å². The summed E-state index contributed by atoms with van der Waals surface area (Å²) in [6.45, 7) is 0. The maximum Gasteiger partial charge on any atom is 0.164 e. The van der Waals surface area contributed by atoms with Gasteiger partial charge in [-0.15, -0.1) is 11.3 Å². The fourth-order valence-electron chi connectivity index (χ4n) is 9.68. The molecular weight excluding hydrogens is 805 g/mol. The molecule has 64 heavy (non-hydrogen) atoms. The molecule has 9 aromatic carbocycles. The zero-order chi connectivity index (χ0) is 41.9. The minimum absolute atomic E-state index is 0.592. The van der Waals surface area contributed by atoms with E-state index in [9.17, 15) is 0 Å². The van der Waals surface area contributed by atoms with Gasteiger partial charge in [0, 0.05) is 80.9 Å². The van der Waals surface area contributed by atoms with Crippen LogP contribution < -0.4 is 0 Å². The molecule has 14 rings (SSSR count). The van der Waals surface area contributed by atoms with Gasteiger partial charge in [-0.3, -0.25) is 0 Å². The number of hydrogen-bond acceptors (Lipinski definition) is 6. The van der Waals surface area contributed by atoms with Gasteiger partial charge in [0.25, 0.3) is 0 Å². The van der Waals surface area contributed by atoms with Gasteiger partial charge in [-0.05, 0) is 77.9 Å². The van der Waals surface area contributed by atoms with Crippen LogP contribution in [0.2, 0.25) is 0 Å². The van der Waals surface area contributed by atoms with Gasteiger partial charge < -0.3 is 13.4 Å². The van der Waals surface area contributed by atoms with Crippen LogP contribution in [0.15, 0.2) is 203 Å². The van der Waals surface area contributed by atoms with Crippen LogP contribution in [0.5, 0.6) is 0 Å². The van der Waals surface area contributed by atoms with Crippen molar-refractivity contribution in [2.45, 2.75) is 0 Å². The van der Waals surface area contributed by atoms with E-state index < -0.39 is 0 Å². The lowest BCUT2D eigenvalue weighted by Gasteiger charge is -2.10. The van der Waals surface area contributed by atoms with Crippen molar-refractivity contribution in [3.05, 3.63) is 194 Å². The predicted molar refractivity (Wildman–Crippen MR) is 263 cm³/mol. The van der Waals surface area contributed by atoms with E-state index >= 15 is 0 Å². The highest BCUT2D eigenvalue weighted by Gasteiger charge is 2.20. The van der Waals surface area contributed by atoms with Crippen LogP contribution in [0.3, 0.4) is 0 Å². The van der Waals surface area contributed by atoms with Gasteiger partial charge in [-0.1, -0.05) is 121 Å². The lowest BCUT2D eigenvalue weighted by atomic mass is 10.0. The third-order valence-corrected chi connectivity index (χ3v) is 13.8. The lowest BCUT2D eigenvalue weighted by Crippen LogP contribution is -2.00. The molecule has 0 aliphatic carbocycles. The number of benzene rings is 9. The monoisotopic (exact) mass is 836 g/mol. The average Bonchev–Trinajstić information content (AvgIpc) is 4.12. The molecule has 14 aromatic rings. The van der Waals surface area contributed by atoms with Gasteiger partial charge >= 0.3 is 0 Å². The summed E-state index contributed by atoms with van der Waals surface area (Å²) >= 11 is 1.78. The first-order chi connectivity index (χ1) is 31.7. The normalized spacial score (nSPS) is 12.1. The highest BCUT2D eigenvalue weighted by Crippen LogP contribution is 2.43. The summed E-state index contributed by atoms with van der Waals surface area (Å²) in [5.41, 5.74) is 11.8. The Kier molecular flexibility index (Phi) is 7.46. The smallest absolute Gasteiger partial charge is 0.164 e. The average molecular weight is 837 g/mol. The van der Waals surface area contributed by atoms with Crippen LogP contribution in [0.1, 0.15) is 0 Å². The largest absolute Gasteiger partial charge is 0.456 e. The van der Waals surface area contributed by atoms with Gasteiger partial charge in [0.15, 0.2) is 17.5 Å². The first-order valence-electron chi connectivity index (χ1n) is 21.3. The summed E-state index contributed by atoms with van der Waals surface area (Å²) in [7, 11) is 0. The van der Waals surface area contributed by atoms with Gasteiger partial charge in [0.2, 0.25) is 0 Å². The molecule has 0 amide bonds. The van der Waals surface area contributed by atoms with Gasteiger partial charge in [-0.2, -0.15) is 0 Å². The number of para-hydroxylation sites is 3. The molecule has 5 heterocycles. The minimum atomic E-state index is 0.592. The molecule has 0 saturated carbocycles. The van der Waals surface area contributed by atoms with E-state index in [1.54, 1.807) is 11.3 Å². The molecule has 0 fully saturated rings. The molecule has 0 aliphatic rings. The van der Waals surface area contributed by atoms with Crippen molar-refractivity contribution in [2.24, 2.45) is 0 Å². The number of furan rings is 2. The molecule has 0 unspecified atom stereocenters. The Bertz CT molecular complexity index is 4160. The number of hydrogen-bond donors (Lipinski definition) is 0. The second kappa shape index (κ2) is 13.6. The van der Waals surface area contributed by atoms with Crippen molar-refractivity contribution < 1.29 is 8.83 Å². The quantitative estimate of drug-likeness (QED) is 0.173. The van der Waals surface area contributed by atoms with Gasteiger partial charge in [0.05, 0.1) is 11.0 Å². The molecule has 298 valence electrons. The van der Waals surface area contributed by atoms with Crippen LogP contribution in [0.25, 0.3) is 137 Å². The van der Waals surface area contributed by atoms with Crippen molar-refractivity contribution >= 4 is 97.2 Å². The van der Waals surface area contributed by atoms with Crippen LogP contribution in [-0.4, -0.2) is 19.5 Å². The van der Waals surface area contributed by atoms with E-state index in [2.05, 4.69) is 144 Å². The van der Waals surface area contributed by atoms with Crippen LogP contribution in [0, 0.1) is 0 Å². The zero-order valence-electron chi connectivity index (χ0n) is 34.0. The summed E-state index contributed by atoms with van der Waals surface area (Å²) < 4.78 is 17.6. The third kappa shape index (κ3) is 5.35. The Morgan fingerprint density at radius 1 is 0.344 bits per heavy atom. The SMILES string of the molecule is c1ccc(-c2nc(-c3ccc4c(c3)oc3ccccc34)nc(-c3cccc4sc5cc(-c6ccc7c(c6)oc6cc(-n8c9ccccc9c9ccccc98)ccc67)ccc5c34)n2)cc1. The molecule has 5 aromatic heterocycles. The molecule has 0 aliphatic heterocycles. The highest BCUT2D eigenvalue weighted by atomic mass is 32.1. The van der Waals surface area contributed by atoms with Crippen molar-refractivity contribution in [3.8, 4) is 51.0 Å². The molecular formula is C57H32N4O2S. The summed E-state index contributed by atoms with van der Waals surface area (Å²) in [5, 5.41) is 9.13. The molecule has 0 bridgehead atoms. The number of nitrogens with zero attached hydrogens (tertiary/aromatic N) is 4. The van der Waals surface area contributed by atoms with E-state index in [1.165, 1.54) is 31.2 Å². The second-order valence-corrected chi connectivity index (χ2v) is 17.4. The minimum Gasteiger partial charge on any atom is -0.456 e. The molecule has 0 N–H and O–H groups in total.